The third kappa shape index (κ3) is 3.48. The van der Waals surface area contributed by atoms with Crippen LogP contribution >= 0.6 is 0 Å². The third-order valence-electron chi connectivity index (χ3n) is 6.16. The molecule has 2 aromatic rings. The Morgan fingerprint density at radius 1 is 1.07 bits per heavy atom. The normalized spacial score (nSPS) is 26.6. The Hall–Kier alpha value is -2.48. The highest BCUT2D eigenvalue weighted by atomic mass is 16.5. The first kappa shape index (κ1) is 18.9. The van der Waals surface area contributed by atoms with Crippen molar-refractivity contribution < 1.29 is 14.6 Å². The molecule has 2 atom stereocenters. The zero-order valence-corrected chi connectivity index (χ0v) is 16.3. The summed E-state index contributed by atoms with van der Waals surface area (Å²) in [5.74, 6) is 4.16. The maximum Gasteiger partial charge on any atom is 0.148 e. The molecule has 0 saturated carbocycles. The minimum absolute atomic E-state index is 0.275. The number of aliphatic hydroxyl groups is 1. The summed E-state index contributed by atoms with van der Waals surface area (Å²) in [7, 11) is 1.67. The summed E-state index contributed by atoms with van der Waals surface area (Å²) >= 11 is 0. The molecule has 4 rings (SSSR count). The van der Waals surface area contributed by atoms with Crippen LogP contribution in [0.25, 0.3) is 0 Å². The van der Waals surface area contributed by atoms with E-state index in [0.29, 0.717) is 12.1 Å². The summed E-state index contributed by atoms with van der Waals surface area (Å²) < 4.78 is 11.3. The smallest absolute Gasteiger partial charge is 0.148 e. The van der Waals surface area contributed by atoms with E-state index in [1.54, 1.807) is 7.11 Å². The molecule has 146 valence electrons. The largest absolute Gasteiger partial charge is 0.496 e. The molecule has 2 aliphatic rings. The minimum atomic E-state index is -0.839. The van der Waals surface area contributed by atoms with Crippen LogP contribution in [0.1, 0.15) is 36.8 Å². The Morgan fingerprint density at radius 2 is 1.71 bits per heavy atom. The minimum Gasteiger partial charge on any atom is -0.496 e. The highest BCUT2D eigenvalue weighted by Gasteiger charge is 2.49. The molecule has 2 bridgehead atoms. The van der Waals surface area contributed by atoms with Crippen LogP contribution in [0.4, 0.5) is 0 Å². The van der Waals surface area contributed by atoms with Crippen molar-refractivity contribution in [2.75, 3.05) is 13.7 Å². The van der Waals surface area contributed by atoms with Crippen LogP contribution in [-0.4, -0.2) is 35.8 Å². The quantitative estimate of drug-likeness (QED) is 0.779. The van der Waals surface area contributed by atoms with E-state index in [2.05, 4.69) is 16.9 Å². The Balaban J connectivity index is 1.55. The number of nitrogens with zero attached hydrogens (tertiary/aromatic N) is 1. The van der Waals surface area contributed by atoms with E-state index >= 15 is 0 Å². The van der Waals surface area contributed by atoms with Crippen molar-refractivity contribution in [2.45, 2.75) is 49.9 Å². The lowest BCUT2D eigenvalue weighted by molar-refractivity contribution is -0.0607. The van der Waals surface area contributed by atoms with Crippen LogP contribution < -0.4 is 9.47 Å². The lowest BCUT2D eigenvalue weighted by atomic mass is 9.80. The van der Waals surface area contributed by atoms with E-state index in [-0.39, 0.29) is 6.61 Å². The molecule has 4 nitrogen and oxygen atoms in total. The van der Waals surface area contributed by atoms with Gasteiger partial charge in [0.2, 0.25) is 0 Å². The topological polar surface area (TPSA) is 41.9 Å². The van der Waals surface area contributed by atoms with Crippen molar-refractivity contribution >= 4 is 0 Å². The molecule has 4 heteroatoms. The number of hydrogen-bond acceptors (Lipinski definition) is 4. The summed E-state index contributed by atoms with van der Waals surface area (Å²) in [5.41, 5.74) is 1.22. The van der Waals surface area contributed by atoms with Crippen LogP contribution in [0.5, 0.6) is 11.5 Å². The van der Waals surface area contributed by atoms with Crippen molar-refractivity contribution in [1.29, 1.82) is 0 Å². The first-order valence-corrected chi connectivity index (χ1v) is 9.90. The number of para-hydroxylation sites is 2. The fourth-order valence-electron chi connectivity index (χ4n) is 4.91. The van der Waals surface area contributed by atoms with E-state index in [9.17, 15) is 5.11 Å². The molecule has 0 unspecified atom stereocenters. The Morgan fingerprint density at radius 3 is 2.39 bits per heavy atom. The van der Waals surface area contributed by atoms with Crippen LogP contribution in [0.15, 0.2) is 48.5 Å². The molecular weight excluding hydrogens is 350 g/mol. The Bertz CT molecular complexity index is 858. The van der Waals surface area contributed by atoms with Gasteiger partial charge in [-0.25, -0.2) is 0 Å². The average Bonchev–Trinajstić information content (AvgIpc) is 2.96. The molecule has 0 aliphatic carbocycles. The lowest BCUT2D eigenvalue weighted by Gasteiger charge is -2.44. The molecule has 1 N–H and O–H groups in total. The van der Waals surface area contributed by atoms with E-state index in [4.69, 9.17) is 15.9 Å². The first-order chi connectivity index (χ1) is 13.6. The van der Waals surface area contributed by atoms with E-state index < -0.39 is 5.60 Å². The molecule has 0 radical (unpaired) electrons. The van der Waals surface area contributed by atoms with Gasteiger partial charge in [-0.3, -0.25) is 4.90 Å². The molecule has 2 aromatic carbocycles. The SMILES string of the molecule is C#CCOc1ccccc1CN1[C@H]2CC[C@H]1CC(O)(c1ccccc1OC)C2. The highest BCUT2D eigenvalue weighted by molar-refractivity contribution is 5.39. The molecule has 2 fully saturated rings. The Kier molecular flexibility index (Phi) is 5.30. The van der Waals surface area contributed by atoms with E-state index in [1.807, 2.05) is 42.5 Å². The summed E-state index contributed by atoms with van der Waals surface area (Å²) in [6.45, 7) is 1.09. The van der Waals surface area contributed by atoms with Crippen LogP contribution in [-0.2, 0) is 12.1 Å². The van der Waals surface area contributed by atoms with E-state index in [0.717, 1.165) is 54.9 Å². The van der Waals surface area contributed by atoms with Crippen molar-refractivity contribution in [3.8, 4) is 23.8 Å². The standard InChI is InChI=1S/C24H27NO3/c1-3-14-28-22-10-6-4-8-18(22)17-25-19-12-13-20(25)16-24(26,15-19)21-9-5-7-11-23(21)27-2/h1,4-11,19-20,26H,12-17H2,2H3/t19-,20-/m0/s1. The fraction of sp³-hybridized carbons (Fsp3) is 0.417. The number of benzene rings is 2. The van der Waals surface area contributed by atoms with Gasteiger partial charge in [-0.15, -0.1) is 6.42 Å². The van der Waals surface area contributed by atoms with Gasteiger partial charge in [0.15, 0.2) is 0 Å². The number of terminal acetylenes is 1. The lowest BCUT2D eigenvalue weighted by Crippen LogP contribution is -2.49. The van der Waals surface area contributed by atoms with Gasteiger partial charge in [0.25, 0.3) is 0 Å². The molecular formula is C24H27NO3. The number of methoxy groups -OCH3 is 1. The molecule has 28 heavy (non-hydrogen) atoms. The van der Waals surface area contributed by atoms with Crippen LogP contribution in [0.3, 0.4) is 0 Å². The maximum absolute atomic E-state index is 11.5. The number of piperidine rings is 1. The monoisotopic (exact) mass is 377 g/mol. The van der Waals surface area contributed by atoms with Gasteiger partial charge in [-0.2, -0.15) is 0 Å². The van der Waals surface area contributed by atoms with Crippen molar-refractivity contribution in [2.24, 2.45) is 0 Å². The fourth-order valence-corrected chi connectivity index (χ4v) is 4.91. The number of fused-ring (bicyclic) bond motifs is 2. The van der Waals surface area contributed by atoms with Gasteiger partial charge < -0.3 is 14.6 Å². The van der Waals surface area contributed by atoms with Gasteiger partial charge in [0, 0.05) is 29.8 Å². The zero-order valence-electron chi connectivity index (χ0n) is 16.3. The first-order valence-electron chi connectivity index (χ1n) is 9.90. The second-order valence-electron chi connectivity index (χ2n) is 7.80. The van der Waals surface area contributed by atoms with Gasteiger partial charge >= 0.3 is 0 Å². The van der Waals surface area contributed by atoms with Crippen LogP contribution in [0.2, 0.25) is 0 Å². The predicted molar refractivity (Wildman–Crippen MR) is 109 cm³/mol. The number of hydrogen-bond donors (Lipinski definition) is 1. The Labute approximate surface area is 167 Å². The van der Waals surface area contributed by atoms with Crippen molar-refractivity contribution in [1.82, 2.24) is 4.90 Å². The number of ether oxygens (including phenoxy) is 2. The van der Waals surface area contributed by atoms with Gasteiger partial charge in [0.05, 0.1) is 12.7 Å². The summed E-state index contributed by atoms with van der Waals surface area (Å²) in [6.07, 6.45) is 9.00. The molecule has 0 amide bonds. The summed E-state index contributed by atoms with van der Waals surface area (Å²) in [5, 5.41) is 11.5. The molecule has 0 aromatic heterocycles. The van der Waals surface area contributed by atoms with E-state index in [1.165, 1.54) is 0 Å². The number of rotatable bonds is 6. The van der Waals surface area contributed by atoms with Crippen LogP contribution in [0, 0.1) is 12.3 Å². The second-order valence-corrected chi connectivity index (χ2v) is 7.80. The van der Waals surface area contributed by atoms with Gasteiger partial charge in [-0.1, -0.05) is 42.3 Å². The third-order valence-corrected chi connectivity index (χ3v) is 6.16. The second kappa shape index (κ2) is 7.87. The zero-order chi connectivity index (χ0) is 19.6. The molecule has 2 saturated heterocycles. The summed E-state index contributed by atoms with van der Waals surface area (Å²) in [6, 6.07) is 16.6. The van der Waals surface area contributed by atoms with Crippen molar-refractivity contribution in [3.05, 3.63) is 59.7 Å². The van der Waals surface area contributed by atoms with Gasteiger partial charge in [-0.05, 0) is 37.8 Å². The maximum atomic E-state index is 11.5. The molecule has 2 aliphatic heterocycles. The van der Waals surface area contributed by atoms with Gasteiger partial charge in [0.1, 0.15) is 18.1 Å². The average molecular weight is 377 g/mol. The predicted octanol–water partition coefficient (Wildman–Crippen LogP) is 3.72. The van der Waals surface area contributed by atoms with Crippen molar-refractivity contribution in [3.63, 3.8) is 0 Å². The molecule has 2 heterocycles. The highest BCUT2D eigenvalue weighted by Crippen LogP contribution is 2.48. The molecule has 0 spiro atoms. The summed E-state index contributed by atoms with van der Waals surface area (Å²) in [4.78, 5) is 2.53.